The summed E-state index contributed by atoms with van der Waals surface area (Å²) in [6.45, 7) is 7.00. The summed E-state index contributed by atoms with van der Waals surface area (Å²) >= 11 is 0. The van der Waals surface area contributed by atoms with E-state index in [1.807, 2.05) is 0 Å². The van der Waals surface area contributed by atoms with E-state index < -0.39 is 0 Å². The molecule has 2 aliphatic rings. The molecule has 0 aliphatic heterocycles. The fraction of sp³-hybridized carbons (Fsp3) is 0.800. The molecule has 0 radical (unpaired) electrons. The molecule has 0 unspecified atom stereocenters. The fourth-order valence-electron chi connectivity index (χ4n) is 2.22. The molecule has 0 amide bonds. The van der Waals surface area contributed by atoms with E-state index in [0.29, 0.717) is 16.7 Å². The standard InChI is InChI=1S/C10H14/c1-9(2)8-4-6-10(9,3)7-5-8/h8H,4,6H2,1-3H3/t8-,10+/m1/s1. The van der Waals surface area contributed by atoms with Crippen molar-refractivity contribution in [2.24, 2.45) is 16.7 Å². The smallest absolute Gasteiger partial charge is 0.0349 e. The van der Waals surface area contributed by atoms with Crippen LogP contribution in [0.15, 0.2) is 0 Å². The quantitative estimate of drug-likeness (QED) is 0.446. The molecule has 2 bridgehead atoms. The molecule has 0 nitrogen and oxygen atoms in total. The maximum Gasteiger partial charge on any atom is 0.0349 e. The molecule has 1 saturated carbocycles. The van der Waals surface area contributed by atoms with Gasteiger partial charge in [-0.2, -0.15) is 0 Å². The Kier molecular flexibility index (Phi) is 0.892. The van der Waals surface area contributed by atoms with Crippen LogP contribution in [0.4, 0.5) is 0 Å². The maximum atomic E-state index is 3.37. The molecule has 0 heterocycles. The summed E-state index contributed by atoms with van der Waals surface area (Å²) in [6.07, 6.45) is 2.65. The van der Waals surface area contributed by atoms with E-state index in [9.17, 15) is 0 Å². The van der Waals surface area contributed by atoms with Crippen molar-refractivity contribution in [1.29, 1.82) is 0 Å². The minimum absolute atomic E-state index is 0.345. The Morgan fingerprint density at radius 1 is 1.30 bits per heavy atom. The first-order valence-corrected chi connectivity index (χ1v) is 4.09. The van der Waals surface area contributed by atoms with E-state index in [-0.39, 0.29) is 0 Å². The topological polar surface area (TPSA) is 0 Å². The number of rotatable bonds is 0. The van der Waals surface area contributed by atoms with Crippen molar-refractivity contribution < 1.29 is 0 Å². The van der Waals surface area contributed by atoms with Crippen LogP contribution < -0.4 is 0 Å². The van der Waals surface area contributed by atoms with Crippen molar-refractivity contribution in [3.63, 3.8) is 0 Å². The predicted octanol–water partition coefficient (Wildman–Crippen LogP) is 2.45. The zero-order valence-electron chi connectivity index (χ0n) is 6.99. The van der Waals surface area contributed by atoms with Gasteiger partial charge in [-0.1, -0.05) is 25.7 Å². The summed E-state index contributed by atoms with van der Waals surface area (Å²) in [5.74, 6) is 7.40. The van der Waals surface area contributed by atoms with Crippen LogP contribution in [-0.2, 0) is 0 Å². The highest BCUT2D eigenvalue weighted by molar-refractivity contribution is 5.31. The van der Waals surface area contributed by atoms with Gasteiger partial charge in [0.15, 0.2) is 0 Å². The highest BCUT2D eigenvalue weighted by atomic mass is 14.5. The van der Waals surface area contributed by atoms with Crippen LogP contribution in [0.1, 0.15) is 33.6 Å². The molecule has 0 aromatic rings. The summed E-state index contributed by atoms with van der Waals surface area (Å²) in [5.41, 5.74) is 0.782. The third-order valence-electron chi connectivity index (χ3n) is 3.75. The van der Waals surface area contributed by atoms with Gasteiger partial charge in [-0.3, -0.25) is 0 Å². The molecule has 0 aromatic carbocycles. The predicted molar refractivity (Wildman–Crippen MR) is 42.4 cm³/mol. The molecule has 0 aromatic heterocycles. The summed E-state index contributed by atoms with van der Waals surface area (Å²) < 4.78 is 0. The summed E-state index contributed by atoms with van der Waals surface area (Å²) in [7, 11) is 0. The lowest BCUT2D eigenvalue weighted by Gasteiger charge is -2.32. The maximum absolute atomic E-state index is 3.37. The van der Waals surface area contributed by atoms with Crippen LogP contribution in [0, 0.1) is 28.6 Å². The van der Waals surface area contributed by atoms with Crippen molar-refractivity contribution in [3.05, 3.63) is 0 Å². The van der Waals surface area contributed by atoms with Gasteiger partial charge >= 0.3 is 0 Å². The van der Waals surface area contributed by atoms with Crippen LogP contribution >= 0.6 is 0 Å². The number of hydrogen-bond acceptors (Lipinski definition) is 0. The van der Waals surface area contributed by atoms with Gasteiger partial charge in [-0.15, -0.1) is 0 Å². The largest absolute Gasteiger partial charge is 0.0987 e. The van der Waals surface area contributed by atoms with Gasteiger partial charge in [-0.25, -0.2) is 0 Å². The Bertz CT molecular complexity index is 226. The highest BCUT2D eigenvalue weighted by Crippen LogP contribution is 2.58. The first kappa shape index (κ1) is 6.28. The van der Waals surface area contributed by atoms with Crippen molar-refractivity contribution in [2.75, 3.05) is 0 Å². The van der Waals surface area contributed by atoms with Gasteiger partial charge in [0.05, 0.1) is 0 Å². The van der Waals surface area contributed by atoms with E-state index in [1.165, 1.54) is 12.8 Å². The second-order valence-electron chi connectivity index (χ2n) is 4.41. The first-order chi connectivity index (χ1) is 4.56. The Morgan fingerprint density at radius 2 is 2.00 bits per heavy atom. The summed E-state index contributed by atoms with van der Waals surface area (Å²) in [4.78, 5) is 0. The number of hydrogen-bond donors (Lipinski definition) is 0. The van der Waals surface area contributed by atoms with Crippen LogP contribution in [0.3, 0.4) is 0 Å². The van der Waals surface area contributed by atoms with Crippen LogP contribution in [0.5, 0.6) is 0 Å². The minimum Gasteiger partial charge on any atom is -0.0987 e. The third-order valence-corrected chi connectivity index (χ3v) is 3.75. The zero-order chi connectivity index (χ0) is 7.41. The van der Waals surface area contributed by atoms with Gasteiger partial charge in [0.2, 0.25) is 0 Å². The average molecular weight is 134 g/mol. The van der Waals surface area contributed by atoms with Crippen molar-refractivity contribution in [1.82, 2.24) is 0 Å². The normalized spacial score (nSPS) is 46.9. The van der Waals surface area contributed by atoms with E-state index in [4.69, 9.17) is 0 Å². The Hall–Kier alpha value is -0.440. The minimum atomic E-state index is 0.345. The molecule has 0 N–H and O–H groups in total. The molecule has 2 atom stereocenters. The Balaban J connectivity index is 2.48. The van der Waals surface area contributed by atoms with Crippen LogP contribution in [0.25, 0.3) is 0 Å². The van der Waals surface area contributed by atoms with Crippen molar-refractivity contribution in [3.8, 4) is 11.8 Å². The molecule has 0 heteroatoms. The molecule has 2 rings (SSSR count). The van der Waals surface area contributed by atoms with E-state index in [1.54, 1.807) is 0 Å². The second kappa shape index (κ2) is 1.42. The molecular weight excluding hydrogens is 120 g/mol. The van der Waals surface area contributed by atoms with Gasteiger partial charge in [0.25, 0.3) is 0 Å². The summed E-state index contributed by atoms with van der Waals surface area (Å²) in [5, 5.41) is 0. The lowest BCUT2D eigenvalue weighted by Crippen LogP contribution is -2.28. The van der Waals surface area contributed by atoms with Gasteiger partial charge in [0.1, 0.15) is 0 Å². The Labute approximate surface area is 63.0 Å². The molecule has 0 spiro atoms. The molecule has 1 fully saturated rings. The number of fused-ring (bicyclic) bond motifs is 2. The molecule has 54 valence electrons. The molecule has 0 saturated heterocycles. The van der Waals surface area contributed by atoms with E-state index >= 15 is 0 Å². The highest BCUT2D eigenvalue weighted by Gasteiger charge is 2.53. The van der Waals surface area contributed by atoms with Crippen molar-refractivity contribution >= 4 is 0 Å². The average Bonchev–Trinajstić information content (AvgIpc) is 2.18. The molecule has 10 heavy (non-hydrogen) atoms. The van der Waals surface area contributed by atoms with Gasteiger partial charge < -0.3 is 0 Å². The SMILES string of the molecule is CC1(C)[C@H]2C#C[C@]1(C)CC2. The summed E-state index contributed by atoms with van der Waals surface area (Å²) in [6, 6.07) is 0. The lowest BCUT2D eigenvalue weighted by molar-refractivity contribution is 0.188. The Morgan fingerprint density at radius 3 is 2.10 bits per heavy atom. The fourth-order valence-corrected chi connectivity index (χ4v) is 2.22. The zero-order valence-corrected chi connectivity index (χ0v) is 6.99. The molecule has 2 aliphatic carbocycles. The van der Waals surface area contributed by atoms with Gasteiger partial charge in [0, 0.05) is 11.3 Å². The van der Waals surface area contributed by atoms with Crippen LogP contribution in [-0.4, -0.2) is 0 Å². The van der Waals surface area contributed by atoms with Crippen LogP contribution in [0.2, 0.25) is 0 Å². The monoisotopic (exact) mass is 134 g/mol. The van der Waals surface area contributed by atoms with E-state index in [0.717, 1.165) is 0 Å². The lowest BCUT2D eigenvalue weighted by atomic mass is 9.70. The third kappa shape index (κ3) is 0.461. The second-order valence-corrected chi connectivity index (χ2v) is 4.41. The van der Waals surface area contributed by atoms with Gasteiger partial charge in [-0.05, 0) is 25.2 Å². The van der Waals surface area contributed by atoms with Crippen molar-refractivity contribution in [2.45, 2.75) is 33.6 Å². The van der Waals surface area contributed by atoms with E-state index in [2.05, 4.69) is 32.6 Å². The molecular formula is C10H14. The first-order valence-electron chi connectivity index (χ1n) is 4.09.